The number of anilines is 2. The van der Waals surface area contributed by atoms with E-state index in [0.29, 0.717) is 23.5 Å². The van der Waals surface area contributed by atoms with E-state index in [4.69, 9.17) is 10.5 Å². The van der Waals surface area contributed by atoms with Gasteiger partial charge in [-0.15, -0.1) is 11.3 Å². The molecule has 7 nitrogen and oxygen atoms in total. The number of nitrogens with two attached hydrogens (primary N) is 1. The fourth-order valence-electron chi connectivity index (χ4n) is 4.11. The van der Waals surface area contributed by atoms with Gasteiger partial charge in [0, 0.05) is 10.4 Å². The number of carbonyl (C=O) groups excluding carboxylic acids is 2. The molecule has 0 aliphatic carbocycles. The van der Waals surface area contributed by atoms with Crippen molar-refractivity contribution in [2.45, 2.75) is 31.8 Å². The summed E-state index contributed by atoms with van der Waals surface area (Å²) in [6.07, 6.45) is 0.587. The predicted molar refractivity (Wildman–Crippen MR) is 141 cm³/mol. The smallest absolute Gasteiger partial charge is 0.411 e. The number of hydrogen-bond acceptors (Lipinski definition) is 6. The van der Waals surface area contributed by atoms with Crippen LogP contribution in [-0.2, 0) is 11.3 Å². The second-order valence-electron chi connectivity index (χ2n) is 9.29. The van der Waals surface area contributed by atoms with Gasteiger partial charge in [-0.3, -0.25) is 9.69 Å². The van der Waals surface area contributed by atoms with Gasteiger partial charge in [0.25, 0.3) is 5.91 Å². The molecule has 0 saturated carbocycles. The normalized spacial score (nSPS) is 16.7. The van der Waals surface area contributed by atoms with E-state index in [1.165, 1.54) is 7.11 Å². The van der Waals surface area contributed by atoms with Crippen LogP contribution in [0.25, 0.3) is 10.4 Å². The number of ether oxygens (including phenoxy) is 1. The summed E-state index contributed by atoms with van der Waals surface area (Å²) in [7, 11) is 0.0498. The molecule has 4 rings (SSSR count). The average Bonchev–Trinajstić information content (AvgIpc) is 3.48. The van der Waals surface area contributed by atoms with Gasteiger partial charge in [0.1, 0.15) is 0 Å². The molecule has 4 N–H and O–H groups in total. The first-order chi connectivity index (χ1) is 16.3. The Bertz CT molecular complexity index is 1170. The highest BCUT2D eigenvalue weighted by atomic mass is 32.1. The first-order valence-corrected chi connectivity index (χ1v) is 15.5. The van der Waals surface area contributed by atoms with Crippen LogP contribution in [0.1, 0.15) is 15.9 Å². The Balaban J connectivity index is 1.45. The minimum atomic E-state index is -1.35. The van der Waals surface area contributed by atoms with E-state index < -0.39 is 8.07 Å². The highest BCUT2D eigenvalue weighted by molar-refractivity contribution is 7.13. The van der Waals surface area contributed by atoms with Crippen LogP contribution in [0, 0.1) is 0 Å². The summed E-state index contributed by atoms with van der Waals surface area (Å²) in [5.41, 5.74) is 9.64. The summed E-state index contributed by atoms with van der Waals surface area (Å²) in [5, 5.41) is 8.40. The number of nitrogens with one attached hydrogen (secondary N) is 2. The zero-order chi connectivity index (χ0) is 24.3. The van der Waals surface area contributed by atoms with Gasteiger partial charge in [-0.25, -0.2) is 4.79 Å². The Kier molecular flexibility index (Phi) is 7.06. The number of rotatable bonds is 6. The number of nitrogen functional groups attached to an aromatic ring is 1. The lowest BCUT2D eigenvalue weighted by atomic mass is 10.1. The van der Waals surface area contributed by atoms with Crippen molar-refractivity contribution in [3.05, 3.63) is 71.1 Å². The van der Waals surface area contributed by atoms with Crippen LogP contribution in [0.4, 0.5) is 16.2 Å². The molecule has 0 bridgehead atoms. The summed E-state index contributed by atoms with van der Waals surface area (Å²) >= 11 is 1.63. The number of thiophene rings is 1. The Morgan fingerprint density at radius 3 is 2.59 bits per heavy atom. The van der Waals surface area contributed by atoms with Crippen molar-refractivity contribution in [2.75, 3.05) is 24.3 Å². The minimum Gasteiger partial charge on any atom is -0.453 e. The zero-order valence-corrected chi connectivity index (χ0v) is 21.4. The lowest BCUT2D eigenvalue weighted by Crippen LogP contribution is -2.44. The second-order valence-corrected chi connectivity index (χ2v) is 15.3. The maximum Gasteiger partial charge on any atom is 0.411 e. The van der Waals surface area contributed by atoms with Gasteiger partial charge in [-0.2, -0.15) is 0 Å². The third kappa shape index (κ3) is 5.49. The highest BCUT2D eigenvalue weighted by Crippen LogP contribution is 2.30. The van der Waals surface area contributed by atoms with Gasteiger partial charge in [0.15, 0.2) is 0 Å². The molecule has 9 heteroatoms. The van der Waals surface area contributed by atoms with Gasteiger partial charge in [-0.1, -0.05) is 37.4 Å². The first kappa shape index (κ1) is 24.0. The van der Waals surface area contributed by atoms with Crippen LogP contribution in [0.15, 0.2) is 60.0 Å². The molecule has 2 heterocycles. The molecular formula is C25H30N4O3SSi. The quantitative estimate of drug-likeness (QED) is 0.331. The molecule has 0 spiro atoms. The fraction of sp³-hybridized carbons (Fsp3) is 0.280. The Morgan fingerprint density at radius 2 is 1.97 bits per heavy atom. The van der Waals surface area contributed by atoms with Crippen LogP contribution in [-0.4, -0.2) is 44.4 Å². The molecule has 3 aromatic rings. The second kappa shape index (κ2) is 10.0. The van der Waals surface area contributed by atoms with Crippen molar-refractivity contribution in [1.29, 1.82) is 0 Å². The number of carbonyl (C=O) groups is 2. The molecule has 0 radical (unpaired) electrons. The largest absolute Gasteiger partial charge is 0.453 e. The van der Waals surface area contributed by atoms with E-state index in [2.05, 4.69) is 23.7 Å². The Hall–Kier alpha value is -3.14. The summed E-state index contributed by atoms with van der Waals surface area (Å²) in [6.45, 7) is 5.03. The molecule has 1 aromatic heterocycles. The molecule has 2 aromatic carbocycles. The van der Waals surface area contributed by atoms with Crippen LogP contribution >= 0.6 is 11.3 Å². The summed E-state index contributed by atoms with van der Waals surface area (Å²) in [4.78, 5) is 28.2. The molecule has 1 fully saturated rings. The molecular weight excluding hydrogens is 464 g/mol. The molecule has 178 valence electrons. The number of benzene rings is 2. The van der Waals surface area contributed by atoms with Crippen LogP contribution < -0.4 is 16.4 Å². The monoisotopic (exact) mass is 494 g/mol. The van der Waals surface area contributed by atoms with Gasteiger partial charge in [-0.05, 0) is 59.1 Å². The number of hydrogen-bond donors (Lipinski definition) is 3. The van der Waals surface area contributed by atoms with E-state index in [1.54, 1.807) is 34.4 Å². The van der Waals surface area contributed by atoms with Crippen molar-refractivity contribution in [1.82, 2.24) is 10.2 Å². The van der Waals surface area contributed by atoms with Gasteiger partial charge in [0.2, 0.25) is 0 Å². The molecule has 1 aliphatic heterocycles. The third-order valence-corrected chi connectivity index (χ3v) is 9.60. The maximum atomic E-state index is 12.9. The molecule has 1 atom stereocenters. The number of nitrogens with zero attached hydrogens (tertiary/aromatic N) is 1. The SMILES string of the molecule is COC(=O)N(Cc1ccc(C(=O)Nc2cc(-c3cccs3)ccc2N)cc1)C1C[Si](C)(C)CN1. The summed E-state index contributed by atoms with van der Waals surface area (Å²) in [5.74, 6) is -0.239. The molecule has 1 saturated heterocycles. The van der Waals surface area contributed by atoms with Gasteiger partial charge in [0.05, 0.1) is 39.3 Å². The molecule has 1 aliphatic rings. The number of methoxy groups -OCH3 is 1. The fourth-order valence-corrected chi connectivity index (χ4v) is 7.18. The lowest BCUT2D eigenvalue weighted by molar-refractivity contribution is 0.0994. The van der Waals surface area contributed by atoms with Crippen molar-refractivity contribution in [3.63, 3.8) is 0 Å². The molecule has 2 amide bonds. The van der Waals surface area contributed by atoms with E-state index in [0.717, 1.165) is 28.2 Å². The summed E-state index contributed by atoms with van der Waals surface area (Å²) in [6, 6.07) is 17.9. The standard InChI is InChI=1S/C25H30N4O3SSi/c1-32-25(31)29(23-15-34(2,3)16-27-23)14-17-6-8-18(9-7-17)24(30)28-21-13-19(10-11-20(21)26)22-5-4-12-33-22/h4-13,23,27H,14-16,26H2,1-3H3,(H,28,30). The van der Waals surface area contributed by atoms with Gasteiger partial charge >= 0.3 is 6.09 Å². The first-order valence-electron chi connectivity index (χ1n) is 11.2. The van der Waals surface area contributed by atoms with E-state index in [1.807, 2.05) is 41.8 Å². The van der Waals surface area contributed by atoms with Crippen molar-refractivity contribution in [3.8, 4) is 10.4 Å². The Labute approximate surface area is 204 Å². The Morgan fingerprint density at radius 1 is 1.21 bits per heavy atom. The van der Waals surface area contributed by atoms with Crippen LogP contribution in [0.2, 0.25) is 19.1 Å². The predicted octanol–water partition coefficient (Wildman–Crippen LogP) is 4.99. The minimum absolute atomic E-state index is 0.0318. The van der Waals surface area contributed by atoms with E-state index in [9.17, 15) is 9.59 Å². The molecule has 34 heavy (non-hydrogen) atoms. The van der Waals surface area contributed by atoms with Crippen molar-refractivity contribution in [2.24, 2.45) is 0 Å². The highest BCUT2D eigenvalue weighted by Gasteiger charge is 2.37. The van der Waals surface area contributed by atoms with Crippen LogP contribution in [0.5, 0.6) is 0 Å². The lowest BCUT2D eigenvalue weighted by Gasteiger charge is -2.28. The van der Waals surface area contributed by atoms with E-state index in [-0.39, 0.29) is 18.2 Å². The zero-order valence-electron chi connectivity index (χ0n) is 19.6. The maximum absolute atomic E-state index is 12.9. The summed E-state index contributed by atoms with van der Waals surface area (Å²) < 4.78 is 5.03. The van der Waals surface area contributed by atoms with Crippen LogP contribution in [0.3, 0.4) is 0 Å². The number of amides is 2. The third-order valence-electron chi connectivity index (χ3n) is 6.02. The topological polar surface area (TPSA) is 96.7 Å². The van der Waals surface area contributed by atoms with E-state index >= 15 is 0 Å². The van der Waals surface area contributed by atoms with Crippen molar-refractivity contribution >= 4 is 42.8 Å². The van der Waals surface area contributed by atoms with Gasteiger partial charge < -0.3 is 21.1 Å². The average molecular weight is 495 g/mol. The molecule has 1 unspecified atom stereocenters. The van der Waals surface area contributed by atoms with Crippen molar-refractivity contribution < 1.29 is 14.3 Å².